The quantitative estimate of drug-likeness (QED) is 0.873. The summed E-state index contributed by atoms with van der Waals surface area (Å²) < 4.78 is 0. The lowest BCUT2D eigenvalue weighted by atomic mass is 9.64. The summed E-state index contributed by atoms with van der Waals surface area (Å²) in [5.74, 6) is -0.733. The first kappa shape index (κ1) is 14.6. The molecule has 3 rings (SSSR count). The molecular weight excluding hydrogens is 262 g/mol. The third kappa shape index (κ3) is 3.13. The first-order chi connectivity index (χ1) is 10.2. The number of hydrogen-bond donors (Lipinski definition) is 2. The highest BCUT2D eigenvalue weighted by molar-refractivity contribution is 5.70. The standard InChI is InChI=1S/C18H25NO2/c20-17(21)14-7-9-16(10-8-14)19-13-18(11-4-12-18)15-5-2-1-3-6-15/h1-3,5-6,14,16,19H,4,7-13H2,(H,20,21). The molecule has 0 saturated heterocycles. The van der Waals surface area contributed by atoms with Gasteiger partial charge in [0.1, 0.15) is 0 Å². The molecule has 1 aromatic rings. The van der Waals surface area contributed by atoms with E-state index in [2.05, 4.69) is 35.6 Å². The van der Waals surface area contributed by atoms with Crippen LogP contribution in [0.15, 0.2) is 30.3 Å². The molecule has 2 N–H and O–H groups in total. The maximum atomic E-state index is 11.0. The van der Waals surface area contributed by atoms with Gasteiger partial charge in [-0.25, -0.2) is 0 Å². The number of nitrogens with one attached hydrogen (secondary N) is 1. The highest BCUT2D eigenvalue weighted by Crippen LogP contribution is 2.43. The first-order valence-corrected chi connectivity index (χ1v) is 8.21. The molecule has 0 amide bonds. The van der Waals surface area contributed by atoms with Crippen molar-refractivity contribution in [3.05, 3.63) is 35.9 Å². The van der Waals surface area contributed by atoms with Crippen LogP contribution in [-0.4, -0.2) is 23.7 Å². The van der Waals surface area contributed by atoms with E-state index in [1.165, 1.54) is 24.8 Å². The molecule has 2 aliphatic rings. The molecule has 0 radical (unpaired) electrons. The van der Waals surface area contributed by atoms with Gasteiger partial charge in [-0.1, -0.05) is 36.8 Å². The van der Waals surface area contributed by atoms with Crippen LogP contribution >= 0.6 is 0 Å². The van der Waals surface area contributed by atoms with Gasteiger partial charge in [0.15, 0.2) is 0 Å². The van der Waals surface area contributed by atoms with Crippen molar-refractivity contribution in [2.24, 2.45) is 5.92 Å². The highest BCUT2D eigenvalue weighted by Gasteiger charge is 2.39. The molecule has 0 heterocycles. The SMILES string of the molecule is O=C(O)C1CCC(NCC2(c3ccccc3)CCC2)CC1. The Morgan fingerprint density at radius 3 is 2.33 bits per heavy atom. The number of carboxylic acid groups (broad SMARTS) is 1. The fraction of sp³-hybridized carbons (Fsp3) is 0.611. The zero-order valence-corrected chi connectivity index (χ0v) is 12.6. The number of carboxylic acids is 1. The largest absolute Gasteiger partial charge is 0.481 e. The van der Waals surface area contributed by atoms with Crippen molar-refractivity contribution >= 4 is 5.97 Å². The van der Waals surface area contributed by atoms with Crippen LogP contribution in [0.4, 0.5) is 0 Å². The molecule has 0 aliphatic heterocycles. The molecule has 3 heteroatoms. The number of aliphatic carboxylic acids is 1. The minimum absolute atomic E-state index is 0.116. The summed E-state index contributed by atoms with van der Waals surface area (Å²) in [6, 6.07) is 11.4. The van der Waals surface area contributed by atoms with E-state index in [1.807, 2.05) is 0 Å². The van der Waals surface area contributed by atoms with Crippen LogP contribution in [0.25, 0.3) is 0 Å². The van der Waals surface area contributed by atoms with E-state index in [0.29, 0.717) is 11.5 Å². The lowest BCUT2D eigenvalue weighted by Crippen LogP contribution is -2.47. The Bertz CT molecular complexity index is 473. The molecule has 3 nitrogen and oxygen atoms in total. The van der Waals surface area contributed by atoms with Crippen molar-refractivity contribution in [3.8, 4) is 0 Å². The molecule has 2 saturated carbocycles. The fourth-order valence-corrected chi connectivity index (χ4v) is 3.85. The Kier molecular flexibility index (Phi) is 4.29. The predicted octanol–water partition coefficient (Wildman–Crippen LogP) is 3.34. The summed E-state index contributed by atoms with van der Waals surface area (Å²) in [7, 11) is 0. The summed E-state index contributed by atoms with van der Waals surface area (Å²) in [6.45, 7) is 1.04. The Hall–Kier alpha value is -1.35. The maximum Gasteiger partial charge on any atom is 0.306 e. The van der Waals surface area contributed by atoms with Crippen LogP contribution in [0, 0.1) is 5.92 Å². The minimum Gasteiger partial charge on any atom is -0.481 e. The van der Waals surface area contributed by atoms with E-state index in [-0.39, 0.29) is 5.92 Å². The third-order valence-corrected chi connectivity index (χ3v) is 5.50. The van der Waals surface area contributed by atoms with Gasteiger partial charge in [-0.3, -0.25) is 4.79 Å². The monoisotopic (exact) mass is 287 g/mol. The van der Waals surface area contributed by atoms with Crippen LogP contribution in [0.2, 0.25) is 0 Å². The third-order valence-electron chi connectivity index (χ3n) is 5.50. The van der Waals surface area contributed by atoms with E-state index in [1.54, 1.807) is 0 Å². The summed E-state index contributed by atoms with van der Waals surface area (Å²) in [6.07, 6.45) is 7.52. The summed E-state index contributed by atoms with van der Waals surface area (Å²) in [5, 5.41) is 12.8. The predicted molar refractivity (Wildman–Crippen MR) is 83.4 cm³/mol. The number of benzene rings is 1. The van der Waals surface area contributed by atoms with E-state index >= 15 is 0 Å². The van der Waals surface area contributed by atoms with Crippen molar-refractivity contribution in [2.45, 2.75) is 56.4 Å². The Balaban J connectivity index is 1.54. The van der Waals surface area contributed by atoms with Crippen molar-refractivity contribution in [1.82, 2.24) is 5.32 Å². The summed E-state index contributed by atoms with van der Waals surface area (Å²) >= 11 is 0. The normalized spacial score (nSPS) is 27.8. The molecule has 0 bridgehead atoms. The van der Waals surface area contributed by atoms with Crippen LogP contribution in [-0.2, 0) is 10.2 Å². The molecule has 114 valence electrons. The van der Waals surface area contributed by atoms with Gasteiger partial charge in [-0.05, 0) is 44.1 Å². The maximum absolute atomic E-state index is 11.0. The first-order valence-electron chi connectivity index (χ1n) is 8.21. The average Bonchev–Trinajstić information content (AvgIpc) is 2.48. The molecule has 2 aliphatic carbocycles. The molecule has 1 aromatic carbocycles. The van der Waals surface area contributed by atoms with E-state index in [4.69, 9.17) is 5.11 Å². The minimum atomic E-state index is -0.617. The smallest absolute Gasteiger partial charge is 0.306 e. The van der Waals surface area contributed by atoms with Gasteiger partial charge in [-0.2, -0.15) is 0 Å². The van der Waals surface area contributed by atoms with Gasteiger partial charge < -0.3 is 10.4 Å². The van der Waals surface area contributed by atoms with Crippen LogP contribution in [0.5, 0.6) is 0 Å². The lowest BCUT2D eigenvalue weighted by molar-refractivity contribution is -0.142. The number of hydrogen-bond acceptors (Lipinski definition) is 2. The molecule has 0 aromatic heterocycles. The second-order valence-corrected chi connectivity index (χ2v) is 6.77. The van der Waals surface area contributed by atoms with Crippen molar-refractivity contribution in [3.63, 3.8) is 0 Å². The number of rotatable bonds is 5. The Labute approximate surface area is 126 Å². The van der Waals surface area contributed by atoms with Gasteiger partial charge in [0.2, 0.25) is 0 Å². The summed E-state index contributed by atoms with van der Waals surface area (Å²) in [4.78, 5) is 11.0. The topological polar surface area (TPSA) is 49.3 Å². The van der Waals surface area contributed by atoms with Gasteiger partial charge in [0.25, 0.3) is 0 Å². The Morgan fingerprint density at radius 2 is 1.81 bits per heavy atom. The second kappa shape index (κ2) is 6.18. The van der Waals surface area contributed by atoms with Crippen LogP contribution in [0.1, 0.15) is 50.5 Å². The molecule has 21 heavy (non-hydrogen) atoms. The van der Waals surface area contributed by atoms with Gasteiger partial charge in [0, 0.05) is 18.0 Å². The van der Waals surface area contributed by atoms with Crippen molar-refractivity contribution < 1.29 is 9.90 Å². The highest BCUT2D eigenvalue weighted by atomic mass is 16.4. The Morgan fingerprint density at radius 1 is 1.14 bits per heavy atom. The molecule has 0 unspecified atom stereocenters. The molecule has 0 spiro atoms. The van der Waals surface area contributed by atoms with Crippen LogP contribution in [0.3, 0.4) is 0 Å². The molecule has 2 fully saturated rings. The average molecular weight is 287 g/mol. The van der Waals surface area contributed by atoms with Gasteiger partial charge in [-0.15, -0.1) is 0 Å². The van der Waals surface area contributed by atoms with E-state index < -0.39 is 5.97 Å². The number of carbonyl (C=O) groups is 1. The van der Waals surface area contributed by atoms with E-state index in [9.17, 15) is 4.79 Å². The van der Waals surface area contributed by atoms with Gasteiger partial charge in [0.05, 0.1) is 5.92 Å². The van der Waals surface area contributed by atoms with Crippen molar-refractivity contribution in [1.29, 1.82) is 0 Å². The zero-order valence-electron chi connectivity index (χ0n) is 12.6. The molecule has 0 atom stereocenters. The second-order valence-electron chi connectivity index (χ2n) is 6.77. The van der Waals surface area contributed by atoms with Crippen LogP contribution < -0.4 is 5.32 Å². The van der Waals surface area contributed by atoms with Gasteiger partial charge >= 0.3 is 5.97 Å². The van der Waals surface area contributed by atoms with E-state index in [0.717, 1.165) is 32.2 Å². The lowest BCUT2D eigenvalue weighted by Gasteiger charge is -2.44. The molecular formula is C18H25NO2. The zero-order chi connectivity index (χ0) is 14.7. The van der Waals surface area contributed by atoms with Crippen molar-refractivity contribution in [2.75, 3.05) is 6.54 Å². The fourth-order valence-electron chi connectivity index (χ4n) is 3.85. The summed E-state index contributed by atoms with van der Waals surface area (Å²) in [5.41, 5.74) is 1.79.